The SMILES string of the molecule is Cc1ccc(C(=O)NCCn2c(C)cnc2C2CC2)cn1. The first-order chi connectivity index (χ1) is 10.1. The smallest absolute Gasteiger partial charge is 0.252 e. The number of carbonyl (C=O) groups excluding carboxylic acids is 1. The highest BCUT2D eigenvalue weighted by molar-refractivity contribution is 5.93. The summed E-state index contributed by atoms with van der Waals surface area (Å²) in [4.78, 5) is 20.6. The number of carbonyl (C=O) groups is 1. The van der Waals surface area contributed by atoms with E-state index in [1.807, 2.05) is 19.2 Å². The molecule has 1 aliphatic rings. The van der Waals surface area contributed by atoms with E-state index in [1.165, 1.54) is 18.7 Å². The molecule has 3 rings (SSSR count). The first kappa shape index (κ1) is 13.8. The van der Waals surface area contributed by atoms with E-state index in [2.05, 4.69) is 26.8 Å². The molecule has 0 aromatic carbocycles. The normalized spacial score (nSPS) is 14.2. The van der Waals surface area contributed by atoms with E-state index in [0.717, 1.165) is 17.9 Å². The first-order valence-corrected chi connectivity index (χ1v) is 7.38. The number of hydrogen-bond acceptors (Lipinski definition) is 3. The summed E-state index contributed by atoms with van der Waals surface area (Å²) in [6, 6.07) is 3.65. The fraction of sp³-hybridized carbons (Fsp3) is 0.438. The predicted molar refractivity (Wildman–Crippen MR) is 80.2 cm³/mol. The number of amides is 1. The maximum atomic E-state index is 12.0. The Morgan fingerprint density at radius 2 is 2.10 bits per heavy atom. The Balaban J connectivity index is 1.57. The van der Waals surface area contributed by atoms with Gasteiger partial charge in [0.05, 0.1) is 5.56 Å². The van der Waals surface area contributed by atoms with Gasteiger partial charge in [-0.25, -0.2) is 4.98 Å². The van der Waals surface area contributed by atoms with Crippen LogP contribution in [0.4, 0.5) is 0 Å². The van der Waals surface area contributed by atoms with Crippen LogP contribution in [0, 0.1) is 13.8 Å². The van der Waals surface area contributed by atoms with Crippen molar-refractivity contribution in [2.75, 3.05) is 6.54 Å². The van der Waals surface area contributed by atoms with Crippen LogP contribution >= 0.6 is 0 Å². The molecule has 2 heterocycles. The van der Waals surface area contributed by atoms with Gasteiger partial charge >= 0.3 is 0 Å². The molecular weight excluding hydrogens is 264 g/mol. The third kappa shape index (κ3) is 3.12. The summed E-state index contributed by atoms with van der Waals surface area (Å²) in [6.07, 6.45) is 6.00. The lowest BCUT2D eigenvalue weighted by molar-refractivity contribution is 0.0951. The molecule has 0 aliphatic heterocycles. The number of aromatic nitrogens is 3. The van der Waals surface area contributed by atoms with Gasteiger partial charge in [0.25, 0.3) is 5.91 Å². The maximum Gasteiger partial charge on any atom is 0.252 e. The molecule has 1 fully saturated rings. The molecule has 0 atom stereocenters. The van der Waals surface area contributed by atoms with E-state index in [0.29, 0.717) is 18.0 Å². The van der Waals surface area contributed by atoms with Crippen LogP contribution in [-0.2, 0) is 6.54 Å². The lowest BCUT2D eigenvalue weighted by Crippen LogP contribution is -2.28. The van der Waals surface area contributed by atoms with Crippen molar-refractivity contribution in [3.05, 3.63) is 47.3 Å². The lowest BCUT2D eigenvalue weighted by Gasteiger charge is -2.10. The minimum absolute atomic E-state index is 0.0757. The van der Waals surface area contributed by atoms with E-state index >= 15 is 0 Å². The average molecular weight is 284 g/mol. The summed E-state index contributed by atoms with van der Waals surface area (Å²) in [5.74, 6) is 1.71. The molecule has 0 spiro atoms. The van der Waals surface area contributed by atoms with Crippen LogP contribution in [0.25, 0.3) is 0 Å². The molecular formula is C16H20N4O. The van der Waals surface area contributed by atoms with Gasteiger partial charge in [0.2, 0.25) is 0 Å². The number of rotatable bonds is 5. The number of pyridine rings is 1. The number of imidazole rings is 1. The van der Waals surface area contributed by atoms with Gasteiger partial charge in [0, 0.05) is 42.8 Å². The van der Waals surface area contributed by atoms with Gasteiger partial charge in [-0.15, -0.1) is 0 Å². The molecule has 2 aromatic rings. The van der Waals surface area contributed by atoms with E-state index < -0.39 is 0 Å². The summed E-state index contributed by atoms with van der Waals surface area (Å²) in [5, 5.41) is 2.94. The molecule has 1 amide bonds. The molecule has 21 heavy (non-hydrogen) atoms. The second kappa shape index (κ2) is 5.68. The molecule has 0 radical (unpaired) electrons. The molecule has 2 aromatic heterocycles. The van der Waals surface area contributed by atoms with Gasteiger partial charge in [-0.2, -0.15) is 0 Å². The van der Waals surface area contributed by atoms with Crippen LogP contribution in [0.1, 0.15) is 46.3 Å². The van der Waals surface area contributed by atoms with Crippen LogP contribution < -0.4 is 5.32 Å². The predicted octanol–water partition coefficient (Wildman–Crippen LogP) is 2.20. The Kier molecular flexibility index (Phi) is 3.73. The standard InChI is InChI=1S/C16H20N4O/c1-11-3-4-14(10-18-11)16(21)17-7-8-20-12(2)9-19-15(20)13-5-6-13/h3-4,9-10,13H,5-8H2,1-2H3,(H,17,21). The monoisotopic (exact) mass is 284 g/mol. The van der Waals surface area contributed by atoms with Crippen molar-refractivity contribution >= 4 is 5.91 Å². The molecule has 1 N–H and O–H groups in total. The molecule has 0 bridgehead atoms. The van der Waals surface area contributed by atoms with Gasteiger partial charge in [-0.3, -0.25) is 9.78 Å². The highest BCUT2D eigenvalue weighted by Gasteiger charge is 2.28. The fourth-order valence-electron chi connectivity index (χ4n) is 2.42. The van der Waals surface area contributed by atoms with Gasteiger partial charge < -0.3 is 9.88 Å². The van der Waals surface area contributed by atoms with E-state index in [4.69, 9.17) is 0 Å². The minimum Gasteiger partial charge on any atom is -0.350 e. The van der Waals surface area contributed by atoms with Crippen LogP contribution in [-0.4, -0.2) is 27.0 Å². The van der Waals surface area contributed by atoms with Crippen molar-refractivity contribution in [2.45, 2.75) is 39.2 Å². The van der Waals surface area contributed by atoms with Crippen LogP contribution in [0.3, 0.4) is 0 Å². The average Bonchev–Trinajstić information content (AvgIpc) is 3.25. The number of nitrogens with zero attached hydrogens (tertiary/aromatic N) is 3. The third-order valence-corrected chi connectivity index (χ3v) is 3.82. The Bertz CT molecular complexity index is 641. The summed E-state index contributed by atoms with van der Waals surface area (Å²) in [5.41, 5.74) is 2.67. The second-order valence-electron chi connectivity index (χ2n) is 5.63. The van der Waals surface area contributed by atoms with E-state index in [-0.39, 0.29) is 5.91 Å². The summed E-state index contributed by atoms with van der Waals surface area (Å²) in [7, 11) is 0. The summed E-state index contributed by atoms with van der Waals surface area (Å²) in [6.45, 7) is 5.33. The zero-order chi connectivity index (χ0) is 14.8. The van der Waals surface area contributed by atoms with Crippen molar-refractivity contribution in [3.8, 4) is 0 Å². The number of hydrogen-bond donors (Lipinski definition) is 1. The van der Waals surface area contributed by atoms with Crippen molar-refractivity contribution in [3.63, 3.8) is 0 Å². The molecule has 5 heteroatoms. The molecule has 110 valence electrons. The van der Waals surface area contributed by atoms with E-state index in [9.17, 15) is 4.79 Å². The molecule has 0 saturated heterocycles. The minimum atomic E-state index is -0.0757. The fourth-order valence-corrected chi connectivity index (χ4v) is 2.42. The molecule has 5 nitrogen and oxygen atoms in total. The van der Waals surface area contributed by atoms with Gasteiger partial charge in [0.1, 0.15) is 5.82 Å². The van der Waals surface area contributed by atoms with Crippen molar-refractivity contribution in [2.24, 2.45) is 0 Å². The third-order valence-electron chi connectivity index (χ3n) is 3.82. The Morgan fingerprint density at radius 1 is 1.29 bits per heavy atom. The van der Waals surface area contributed by atoms with Crippen molar-refractivity contribution in [1.82, 2.24) is 19.9 Å². The Labute approximate surface area is 124 Å². The summed E-state index contributed by atoms with van der Waals surface area (Å²) < 4.78 is 2.21. The largest absolute Gasteiger partial charge is 0.350 e. The van der Waals surface area contributed by atoms with Crippen LogP contribution in [0.15, 0.2) is 24.5 Å². The topological polar surface area (TPSA) is 59.8 Å². The van der Waals surface area contributed by atoms with Crippen molar-refractivity contribution < 1.29 is 4.79 Å². The zero-order valence-electron chi connectivity index (χ0n) is 12.5. The lowest BCUT2D eigenvalue weighted by atomic mass is 10.2. The van der Waals surface area contributed by atoms with Crippen LogP contribution in [0.5, 0.6) is 0 Å². The Hall–Kier alpha value is -2.17. The van der Waals surface area contributed by atoms with Crippen molar-refractivity contribution in [1.29, 1.82) is 0 Å². The first-order valence-electron chi connectivity index (χ1n) is 7.38. The van der Waals surface area contributed by atoms with E-state index in [1.54, 1.807) is 12.3 Å². The Morgan fingerprint density at radius 3 is 2.76 bits per heavy atom. The molecule has 1 aliphatic carbocycles. The highest BCUT2D eigenvalue weighted by atomic mass is 16.1. The van der Waals surface area contributed by atoms with Gasteiger partial charge in [-0.05, 0) is 38.8 Å². The molecule has 0 unspecified atom stereocenters. The van der Waals surface area contributed by atoms with Crippen LogP contribution in [0.2, 0.25) is 0 Å². The van der Waals surface area contributed by atoms with Gasteiger partial charge in [0.15, 0.2) is 0 Å². The molecule has 1 saturated carbocycles. The van der Waals surface area contributed by atoms with Gasteiger partial charge in [-0.1, -0.05) is 0 Å². The maximum absolute atomic E-state index is 12.0. The number of aryl methyl sites for hydroxylation is 2. The second-order valence-corrected chi connectivity index (χ2v) is 5.63. The zero-order valence-corrected chi connectivity index (χ0v) is 12.5. The quantitative estimate of drug-likeness (QED) is 0.915. The highest BCUT2D eigenvalue weighted by Crippen LogP contribution is 2.39. The summed E-state index contributed by atoms with van der Waals surface area (Å²) >= 11 is 0. The number of nitrogens with one attached hydrogen (secondary N) is 1.